The van der Waals surface area contributed by atoms with Gasteiger partial charge in [-0.2, -0.15) is 0 Å². The molecule has 0 fully saturated rings. The predicted molar refractivity (Wildman–Crippen MR) is 138 cm³/mol. The van der Waals surface area contributed by atoms with Gasteiger partial charge in [0.1, 0.15) is 0 Å². The lowest BCUT2D eigenvalue weighted by Crippen LogP contribution is -2.21. The van der Waals surface area contributed by atoms with Crippen LogP contribution in [0.1, 0.15) is 38.2 Å². The molecule has 0 N–H and O–H groups in total. The minimum atomic E-state index is 0.0469. The molecule has 0 radical (unpaired) electrons. The number of ketones is 1. The van der Waals surface area contributed by atoms with E-state index in [2.05, 4.69) is 68.4 Å². The molecule has 0 spiro atoms. The maximum Gasteiger partial charge on any atom is 0.195 e. The molecule has 0 heterocycles. The number of fused-ring (bicyclic) bond motifs is 2. The van der Waals surface area contributed by atoms with Gasteiger partial charge in [0, 0.05) is 41.8 Å². The van der Waals surface area contributed by atoms with Gasteiger partial charge in [0.15, 0.2) is 5.78 Å². The molecule has 4 aromatic rings. The van der Waals surface area contributed by atoms with Crippen molar-refractivity contribution in [1.29, 1.82) is 0 Å². The maximum absolute atomic E-state index is 13.5. The van der Waals surface area contributed by atoms with Gasteiger partial charge in [0.05, 0.1) is 4.86 Å². The summed E-state index contributed by atoms with van der Waals surface area (Å²) in [7, 11) is 0. The van der Waals surface area contributed by atoms with E-state index in [9.17, 15) is 4.79 Å². The molecule has 0 unspecified atom stereocenters. The van der Waals surface area contributed by atoms with Crippen LogP contribution in [0.4, 0.5) is 0 Å². The Morgan fingerprint density at radius 2 is 1.22 bits per heavy atom. The number of carbonyl (C=O) groups excluding carboxylic acids is 1. The van der Waals surface area contributed by atoms with Crippen LogP contribution >= 0.6 is 35.7 Å². The first kappa shape index (κ1) is 21.2. The second-order valence-corrected chi connectivity index (χ2v) is 10.5. The predicted octanol–water partition coefficient (Wildman–Crippen LogP) is 7.92. The Morgan fingerprint density at radius 3 is 1.88 bits per heavy atom. The van der Waals surface area contributed by atoms with E-state index < -0.39 is 0 Å². The SMILES string of the molecule is Cc1ccc(Sc2ccc3c(c2)C(=S)c2cccc(Sc4ccc(C)cc4)c2C3=O)cc1. The fourth-order valence-corrected chi connectivity index (χ4v) is 5.94. The molecule has 1 nitrogen and oxygen atoms in total. The van der Waals surface area contributed by atoms with Crippen molar-refractivity contribution in [2.24, 2.45) is 0 Å². The van der Waals surface area contributed by atoms with Crippen molar-refractivity contribution in [3.63, 3.8) is 0 Å². The van der Waals surface area contributed by atoms with Crippen LogP contribution in [-0.2, 0) is 0 Å². The summed E-state index contributed by atoms with van der Waals surface area (Å²) in [6.07, 6.45) is 0. The number of hydrogen-bond donors (Lipinski definition) is 0. The molecule has 0 saturated carbocycles. The molecule has 4 aromatic carbocycles. The van der Waals surface area contributed by atoms with E-state index in [1.165, 1.54) is 16.0 Å². The van der Waals surface area contributed by atoms with E-state index in [4.69, 9.17) is 12.2 Å². The average Bonchev–Trinajstić information content (AvgIpc) is 2.80. The fourth-order valence-electron chi connectivity index (χ4n) is 3.77. The van der Waals surface area contributed by atoms with E-state index in [0.29, 0.717) is 5.56 Å². The molecular formula is C28H20OS3. The van der Waals surface area contributed by atoms with Gasteiger partial charge < -0.3 is 0 Å². The first-order valence-corrected chi connectivity index (χ1v) is 12.4. The third kappa shape index (κ3) is 4.06. The van der Waals surface area contributed by atoms with E-state index in [-0.39, 0.29) is 5.78 Å². The van der Waals surface area contributed by atoms with Crippen LogP contribution in [0.5, 0.6) is 0 Å². The molecule has 0 saturated heterocycles. The molecule has 4 heteroatoms. The van der Waals surface area contributed by atoms with E-state index in [1.54, 1.807) is 23.5 Å². The highest BCUT2D eigenvalue weighted by atomic mass is 32.2. The lowest BCUT2D eigenvalue weighted by atomic mass is 9.85. The summed E-state index contributed by atoms with van der Waals surface area (Å²) >= 11 is 9.18. The van der Waals surface area contributed by atoms with Crippen molar-refractivity contribution in [3.05, 3.63) is 118 Å². The molecule has 0 aliphatic heterocycles. The van der Waals surface area contributed by atoms with Crippen molar-refractivity contribution in [2.75, 3.05) is 0 Å². The summed E-state index contributed by atoms with van der Waals surface area (Å²) in [6.45, 7) is 4.16. The van der Waals surface area contributed by atoms with Crippen LogP contribution in [-0.4, -0.2) is 10.6 Å². The van der Waals surface area contributed by atoms with Gasteiger partial charge >= 0.3 is 0 Å². The molecule has 0 bridgehead atoms. The Hall–Kier alpha value is -2.66. The molecule has 1 aliphatic carbocycles. The number of thiocarbonyl (C=S) groups is 1. The molecule has 0 amide bonds. The van der Waals surface area contributed by atoms with Gasteiger partial charge in [-0.05, 0) is 62.4 Å². The third-order valence-corrected chi connectivity index (χ3v) is 7.99. The summed E-state index contributed by atoms with van der Waals surface area (Å²) in [6, 6.07) is 28.8. The summed E-state index contributed by atoms with van der Waals surface area (Å²) in [5, 5.41) is 0. The quantitative estimate of drug-likeness (QED) is 0.249. The normalized spacial score (nSPS) is 12.4. The first-order chi connectivity index (χ1) is 15.5. The number of carbonyl (C=O) groups is 1. The van der Waals surface area contributed by atoms with Crippen LogP contribution < -0.4 is 0 Å². The molecule has 5 rings (SSSR count). The molecule has 0 aromatic heterocycles. The third-order valence-electron chi connectivity index (χ3n) is 5.48. The molecular weight excluding hydrogens is 449 g/mol. The molecule has 32 heavy (non-hydrogen) atoms. The number of aryl methyl sites for hydroxylation is 2. The van der Waals surface area contributed by atoms with Crippen molar-refractivity contribution in [2.45, 2.75) is 33.4 Å². The monoisotopic (exact) mass is 468 g/mol. The number of rotatable bonds is 4. The topological polar surface area (TPSA) is 17.1 Å². The second kappa shape index (κ2) is 8.70. The van der Waals surface area contributed by atoms with Crippen LogP contribution in [0, 0.1) is 13.8 Å². The number of hydrogen-bond acceptors (Lipinski definition) is 4. The zero-order chi connectivity index (χ0) is 22.2. The summed E-state index contributed by atoms with van der Waals surface area (Å²) in [4.78, 5) is 18.6. The Balaban J connectivity index is 1.50. The highest BCUT2D eigenvalue weighted by Gasteiger charge is 2.29. The largest absolute Gasteiger partial charge is 0.289 e. The standard InChI is InChI=1S/C28H20OS3/c1-17-6-10-19(11-7-17)31-21-14-15-22-24(16-21)28(30)23-4-3-5-25(26(23)27(22)29)32-20-12-8-18(2)9-13-20/h3-16H,1-2H3. The van der Waals surface area contributed by atoms with Crippen LogP contribution in [0.15, 0.2) is 105 Å². The molecule has 0 atom stereocenters. The Kier molecular flexibility index (Phi) is 5.76. The highest BCUT2D eigenvalue weighted by molar-refractivity contribution is 7.99. The lowest BCUT2D eigenvalue weighted by Gasteiger charge is -2.22. The number of benzene rings is 4. The van der Waals surface area contributed by atoms with E-state index in [0.717, 1.165) is 36.2 Å². The highest BCUT2D eigenvalue weighted by Crippen LogP contribution is 2.39. The van der Waals surface area contributed by atoms with Crippen molar-refractivity contribution < 1.29 is 4.79 Å². The zero-order valence-electron chi connectivity index (χ0n) is 17.7. The summed E-state index contributed by atoms with van der Waals surface area (Å²) in [5.74, 6) is 0.0469. The van der Waals surface area contributed by atoms with E-state index in [1.807, 2.05) is 30.3 Å². The Bertz CT molecular complexity index is 1350. The van der Waals surface area contributed by atoms with Crippen molar-refractivity contribution >= 4 is 46.4 Å². The zero-order valence-corrected chi connectivity index (χ0v) is 20.2. The van der Waals surface area contributed by atoms with Crippen LogP contribution in [0.25, 0.3) is 0 Å². The molecule has 1 aliphatic rings. The summed E-state index contributed by atoms with van der Waals surface area (Å²) < 4.78 is 0. The van der Waals surface area contributed by atoms with E-state index >= 15 is 0 Å². The van der Waals surface area contributed by atoms with Crippen molar-refractivity contribution in [1.82, 2.24) is 0 Å². The van der Waals surface area contributed by atoms with Gasteiger partial charge in [-0.1, -0.05) is 83.3 Å². The smallest absolute Gasteiger partial charge is 0.195 e. The minimum Gasteiger partial charge on any atom is -0.289 e. The van der Waals surface area contributed by atoms with Crippen molar-refractivity contribution in [3.8, 4) is 0 Å². The Labute approximate surface area is 202 Å². The van der Waals surface area contributed by atoms with Crippen LogP contribution in [0.3, 0.4) is 0 Å². The van der Waals surface area contributed by atoms with Gasteiger partial charge in [-0.3, -0.25) is 4.79 Å². The first-order valence-electron chi connectivity index (χ1n) is 10.3. The minimum absolute atomic E-state index is 0.0469. The van der Waals surface area contributed by atoms with Gasteiger partial charge in [-0.25, -0.2) is 0 Å². The van der Waals surface area contributed by atoms with Crippen LogP contribution in [0.2, 0.25) is 0 Å². The lowest BCUT2D eigenvalue weighted by molar-refractivity contribution is 0.103. The second-order valence-electron chi connectivity index (χ2n) is 7.87. The summed E-state index contributed by atoms with van der Waals surface area (Å²) in [5.41, 5.74) is 5.57. The molecule has 156 valence electrons. The Morgan fingerprint density at radius 1 is 0.625 bits per heavy atom. The van der Waals surface area contributed by atoms with Gasteiger partial charge in [-0.15, -0.1) is 0 Å². The van der Waals surface area contributed by atoms with Gasteiger partial charge in [0.2, 0.25) is 0 Å². The fraction of sp³-hybridized carbons (Fsp3) is 0.0714. The maximum atomic E-state index is 13.5. The van der Waals surface area contributed by atoms with Gasteiger partial charge in [0.25, 0.3) is 0 Å². The average molecular weight is 469 g/mol.